The number of amides is 2. The molecule has 0 aromatic heterocycles. The summed E-state index contributed by atoms with van der Waals surface area (Å²) in [5.74, 6) is -0.613. The lowest BCUT2D eigenvalue weighted by molar-refractivity contribution is -0.536. The number of halogens is 12. The van der Waals surface area contributed by atoms with Crippen molar-refractivity contribution in [3.05, 3.63) is 317 Å². The van der Waals surface area contributed by atoms with Gasteiger partial charge >= 0.3 is 48.8 Å². The third kappa shape index (κ3) is 23.8. The number of piperidine rings is 1. The molecule has 0 spiro atoms. The van der Waals surface area contributed by atoms with Gasteiger partial charge in [0.25, 0.3) is 5.70 Å². The van der Waals surface area contributed by atoms with Crippen molar-refractivity contribution in [1.82, 2.24) is 9.80 Å². The lowest BCUT2D eigenvalue weighted by atomic mass is 9.66. The van der Waals surface area contributed by atoms with E-state index in [9.17, 15) is 92.1 Å². The molecule has 3 fully saturated rings. The fourth-order valence-electron chi connectivity index (χ4n) is 17.3. The molecule has 1 unspecified atom stereocenters. The van der Waals surface area contributed by atoms with Gasteiger partial charge < -0.3 is 28.4 Å². The Kier molecular flexibility index (Phi) is 31.2. The van der Waals surface area contributed by atoms with Crippen LogP contribution in [0, 0.1) is 32.1 Å². The molecule has 4 aliphatic rings. The Balaban J connectivity index is 0.000000222. The third-order valence-corrected chi connectivity index (χ3v) is 24.1. The van der Waals surface area contributed by atoms with Gasteiger partial charge in [0.15, 0.2) is 0 Å². The van der Waals surface area contributed by atoms with Crippen LogP contribution in [0.5, 0.6) is 0 Å². The van der Waals surface area contributed by atoms with Gasteiger partial charge in [0.05, 0.1) is 76.3 Å². The summed E-state index contributed by atoms with van der Waals surface area (Å²) < 4.78 is 199. The molecule has 30 heteroatoms. The second kappa shape index (κ2) is 40.7. The third-order valence-electron chi connectivity index (χ3n) is 24.1. The predicted octanol–water partition coefficient (Wildman–Crippen LogP) is 23.9. The number of allylic oxidation sites excluding steroid dienone is 1. The summed E-state index contributed by atoms with van der Waals surface area (Å²) in [7, 11) is 0. The fourth-order valence-corrected chi connectivity index (χ4v) is 17.3. The van der Waals surface area contributed by atoms with E-state index < -0.39 is 147 Å². The van der Waals surface area contributed by atoms with Crippen LogP contribution in [0.4, 0.5) is 62.3 Å². The zero-order valence-electron chi connectivity index (χ0n) is 69.5. The van der Waals surface area contributed by atoms with E-state index in [1.807, 2.05) is 36.4 Å². The standard InChI is InChI=1S/C47H50F6N2O7.C30H26F6N2O5.C17H24O2/c1-31(33-25-36(46(48,49)50)27-37(26-33)47(51,52)53)61-30-45(35-19-11-6-12-20-35)24-23-39(55(58)59)40(54(45)43(57)60-29-32-15-7-4-8-16-32)28-42(56)62-41-22-14-13-21-38(41)44(2,3)34-17-9-5-10-18-34;1-20(22-14-24(29(31,32)33)16-25(15-22)30(34,35)36)43-19-28(23-10-6-3-7-11-23)13-12-26(38(40)41)17-37(28)27(39)42-18-21-8-4-2-5-9-21;1-13(18)19-16-12-8-7-11-15(16)17(2,3)14-9-5-4-6-10-14/h4-12,15-20,25-27,31,38-41H,13-14,21-24,28-30H2,1-3H3;2-11,14-17,20H,12-13,18-19H2,1H3;4-6,9-10,15-16H,7-8,11-12H2,1-3H3/t31-,38+,39+,40-,41?,45-;20-,28-;15-,16-/m110/s1. The Morgan fingerprint density at radius 2 is 0.823 bits per heavy atom. The van der Waals surface area contributed by atoms with Gasteiger partial charge in [-0.3, -0.25) is 39.6 Å². The van der Waals surface area contributed by atoms with Gasteiger partial charge in [-0.15, -0.1) is 0 Å². The monoisotopic (exact) mass is 1740 g/mol. The Morgan fingerprint density at radius 3 is 1.21 bits per heavy atom. The molecule has 8 aromatic carbocycles. The summed E-state index contributed by atoms with van der Waals surface area (Å²) in [5, 5.41) is 24.6. The van der Waals surface area contributed by atoms with Crippen molar-refractivity contribution in [3.8, 4) is 0 Å². The van der Waals surface area contributed by atoms with Crippen LogP contribution < -0.4 is 0 Å². The number of esters is 2. The minimum atomic E-state index is -5.11. The van der Waals surface area contributed by atoms with E-state index in [-0.39, 0.29) is 85.7 Å². The van der Waals surface area contributed by atoms with Crippen molar-refractivity contribution in [2.45, 2.75) is 228 Å². The Bertz CT molecular complexity index is 4870. The molecule has 0 bridgehead atoms. The molecule has 8 aromatic rings. The number of likely N-dealkylation sites (tertiary alicyclic amines) is 1. The van der Waals surface area contributed by atoms with Crippen molar-refractivity contribution in [2.75, 3.05) is 13.2 Å². The molecular weight excluding hydrogens is 1640 g/mol. The van der Waals surface area contributed by atoms with Gasteiger partial charge in [0.1, 0.15) is 31.5 Å². The summed E-state index contributed by atoms with van der Waals surface area (Å²) >= 11 is 0. The number of hydrogen-bond acceptors (Lipinski definition) is 14. The number of ether oxygens (including phenoxy) is 6. The SMILES string of the molecule is CC(=O)O[C@H]1CCCC[C@@H]1C(C)(C)c1ccccc1.C[C@@H](OC[C@@]1(c2ccccc2)CCC([N+](=O)[O-])=CN1C(=O)OCc1ccccc1)c1cc(C(F)(F)F)cc(C(F)(F)F)c1.C[C@@H](OC[C@@]1(c2ccccc2)CC[C@H]([N+](=O)[O-])[C@@H](CC(=O)OC2CCCC[C@@H]2C(C)(C)c2ccccc2)N1C(=O)OCc1ccccc1)c1cc(C(F)(F)F)cc(C(F)(F)F)c1. The maximum atomic E-state index is 14.7. The molecule has 18 nitrogen and oxygen atoms in total. The average molecular weight is 1740 g/mol. The number of nitrogens with zero attached hydrogens (tertiary/aromatic N) is 4. The van der Waals surface area contributed by atoms with E-state index in [0.29, 0.717) is 58.9 Å². The number of benzene rings is 8. The van der Waals surface area contributed by atoms with Crippen LogP contribution in [0.3, 0.4) is 0 Å². The van der Waals surface area contributed by atoms with Gasteiger partial charge in [-0.1, -0.05) is 223 Å². The van der Waals surface area contributed by atoms with Gasteiger partial charge in [-0.25, -0.2) is 9.59 Å². The van der Waals surface area contributed by atoms with Crippen molar-refractivity contribution in [3.63, 3.8) is 0 Å². The molecule has 124 heavy (non-hydrogen) atoms. The van der Waals surface area contributed by atoms with E-state index in [2.05, 4.69) is 52.0 Å². The van der Waals surface area contributed by atoms with Crippen LogP contribution in [0.25, 0.3) is 0 Å². The van der Waals surface area contributed by atoms with Gasteiger partial charge in [0, 0.05) is 36.5 Å². The number of hydrogen-bond donors (Lipinski definition) is 0. The first-order valence-electron chi connectivity index (χ1n) is 40.9. The van der Waals surface area contributed by atoms with Gasteiger partial charge in [0.2, 0.25) is 6.04 Å². The molecule has 10 atom stereocenters. The molecule has 2 saturated carbocycles. The summed E-state index contributed by atoms with van der Waals surface area (Å²) in [6.45, 7) is 11.4. The largest absolute Gasteiger partial charge is 0.462 e. The molecule has 2 amide bonds. The Morgan fingerprint density at radius 1 is 0.460 bits per heavy atom. The molecule has 1 saturated heterocycles. The summed E-state index contributed by atoms with van der Waals surface area (Å²) in [6, 6.07) is 53.6. The molecule has 2 heterocycles. The highest BCUT2D eigenvalue weighted by atomic mass is 19.4. The molecule has 0 N–H and O–H groups in total. The molecule has 2 aliphatic carbocycles. The smallest absolute Gasteiger partial charge is 0.416 e. The maximum absolute atomic E-state index is 14.7. The lowest BCUT2D eigenvalue weighted by Gasteiger charge is -2.51. The van der Waals surface area contributed by atoms with Gasteiger partial charge in [-0.05, 0) is 157 Å². The van der Waals surface area contributed by atoms with E-state index >= 15 is 0 Å². The van der Waals surface area contributed by atoms with E-state index in [4.69, 9.17) is 28.4 Å². The second-order valence-electron chi connectivity index (χ2n) is 32.9. The van der Waals surface area contributed by atoms with Crippen molar-refractivity contribution in [2.24, 2.45) is 11.8 Å². The zero-order chi connectivity index (χ0) is 90.2. The minimum Gasteiger partial charge on any atom is -0.462 e. The van der Waals surface area contributed by atoms with Crippen LogP contribution in [-0.2, 0) is 97.8 Å². The summed E-state index contributed by atoms with van der Waals surface area (Å²) in [4.78, 5) is 79.3. The zero-order valence-corrected chi connectivity index (χ0v) is 69.5. The van der Waals surface area contributed by atoms with Gasteiger partial charge in [-0.2, -0.15) is 52.7 Å². The van der Waals surface area contributed by atoms with Crippen molar-refractivity contribution < 1.29 is 110 Å². The lowest BCUT2D eigenvalue weighted by Crippen LogP contribution is -2.65. The molecule has 12 rings (SSSR count). The van der Waals surface area contributed by atoms with Crippen molar-refractivity contribution >= 4 is 24.1 Å². The van der Waals surface area contributed by atoms with Crippen LogP contribution in [-0.4, -0.2) is 81.3 Å². The first kappa shape index (κ1) is 95.1. The maximum Gasteiger partial charge on any atom is 0.416 e. The number of carbonyl (C=O) groups is 4. The van der Waals surface area contributed by atoms with Crippen LogP contribution in [0.15, 0.2) is 230 Å². The molecule has 664 valence electrons. The Hall–Kier alpha value is -11.1. The van der Waals surface area contributed by atoms with Crippen LogP contribution in [0.1, 0.15) is 211 Å². The predicted molar refractivity (Wildman–Crippen MR) is 436 cm³/mol. The average Bonchev–Trinajstić information content (AvgIpc) is 0.736. The highest BCUT2D eigenvalue weighted by molar-refractivity contribution is 5.75. The second-order valence-corrected chi connectivity index (χ2v) is 32.9. The number of carbonyl (C=O) groups excluding carboxylic acids is 4. The Labute approximate surface area is 711 Å². The number of nitro groups is 2. The van der Waals surface area contributed by atoms with Crippen LogP contribution >= 0.6 is 0 Å². The van der Waals surface area contributed by atoms with E-state index in [1.54, 1.807) is 121 Å². The normalized spacial score (nSPS) is 21.3. The first-order chi connectivity index (χ1) is 58.5. The van der Waals surface area contributed by atoms with Crippen molar-refractivity contribution in [1.29, 1.82) is 0 Å². The highest BCUT2D eigenvalue weighted by Crippen LogP contribution is 2.50. The number of alkyl halides is 12. The fraction of sp³-hybridized carbons (Fsp3) is 0.426. The highest BCUT2D eigenvalue weighted by Gasteiger charge is 2.58. The van der Waals surface area contributed by atoms with Crippen LogP contribution in [0.2, 0.25) is 0 Å². The van der Waals surface area contributed by atoms with E-state index in [1.165, 1.54) is 39.2 Å². The summed E-state index contributed by atoms with van der Waals surface area (Å²) in [6.07, 6.45) is -18.0. The minimum absolute atomic E-state index is 0.0207. The molecule has 0 radical (unpaired) electrons. The first-order valence-corrected chi connectivity index (χ1v) is 40.9. The number of rotatable bonds is 24. The molecule has 2 aliphatic heterocycles. The molecular formula is C94H100F12N4O14. The summed E-state index contributed by atoms with van der Waals surface area (Å²) in [5.41, 5.74) is -6.16. The van der Waals surface area contributed by atoms with E-state index in [0.717, 1.165) is 53.7 Å². The topological polar surface area (TPSA) is 216 Å². The quantitative estimate of drug-likeness (QED) is 0.0181.